The molecule has 0 saturated carbocycles. The molecule has 1 nitrogen and oxygen atoms in total. The van der Waals surface area contributed by atoms with E-state index in [4.69, 9.17) is 0 Å². The minimum atomic E-state index is -0.550. The molecule has 0 aliphatic heterocycles. The third-order valence-corrected chi connectivity index (χ3v) is 1.34. The van der Waals surface area contributed by atoms with Crippen molar-refractivity contribution in [3.8, 4) is 0 Å². The van der Waals surface area contributed by atoms with Gasteiger partial charge in [0.25, 0.3) is 0 Å². The van der Waals surface area contributed by atoms with E-state index in [0.29, 0.717) is 5.56 Å². The highest BCUT2D eigenvalue weighted by molar-refractivity contribution is 5.77. The fraction of sp³-hybridized carbons (Fsp3) is 0. The lowest BCUT2D eigenvalue weighted by Crippen LogP contribution is -1.87. The maximum Gasteiger partial charge on any atom is 0.236 e. The molecule has 1 aromatic carbocycles. The van der Waals surface area contributed by atoms with Crippen LogP contribution in [0.5, 0.6) is 0 Å². The highest BCUT2D eigenvalue weighted by atomic mass is 19.1. The van der Waals surface area contributed by atoms with E-state index < -0.39 is 5.82 Å². The molecule has 0 heterocycles. The zero-order chi connectivity index (χ0) is 8.27. The molecule has 0 saturated heterocycles. The molecule has 0 fully saturated rings. The van der Waals surface area contributed by atoms with Gasteiger partial charge < -0.3 is 0 Å². The van der Waals surface area contributed by atoms with E-state index in [9.17, 15) is 9.18 Å². The molecule has 55 valence electrons. The summed E-state index contributed by atoms with van der Waals surface area (Å²) in [5, 5.41) is 0. The topological polar surface area (TPSA) is 17.1 Å². The van der Waals surface area contributed by atoms with Crippen LogP contribution >= 0.6 is 0 Å². The SMILES string of the molecule is C=Cc1ccc(F)c([C]=O)c1. The van der Waals surface area contributed by atoms with Crippen molar-refractivity contribution in [2.75, 3.05) is 0 Å². The van der Waals surface area contributed by atoms with Crippen LogP contribution in [-0.4, -0.2) is 6.29 Å². The number of carbonyl (C=O) groups excluding carboxylic acids is 1. The van der Waals surface area contributed by atoms with E-state index in [2.05, 4.69) is 6.58 Å². The van der Waals surface area contributed by atoms with Crippen LogP contribution in [0, 0.1) is 5.82 Å². The average Bonchev–Trinajstić information content (AvgIpc) is 2.05. The second kappa shape index (κ2) is 3.10. The van der Waals surface area contributed by atoms with Gasteiger partial charge in [0.2, 0.25) is 6.29 Å². The molecule has 0 amide bonds. The van der Waals surface area contributed by atoms with Crippen molar-refractivity contribution in [1.29, 1.82) is 0 Å². The van der Waals surface area contributed by atoms with E-state index in [1.807, 2.05) is 0 Å². The molecule has 0 unspecified atom stereocenters. The third kappa shape index (κ3) is 1.52. The van der Waals surface area contributed by atoms with Crippen LogP contribution in [0.15, 0.2) is 24.8 Å². The van der Waals surface area contributed by atoms with Crippen LogP contribution in [0.2, 0.25) is 0 Å². The molecule has 1 radical (unpaired) electrons. The summed E-state index contributed by atoms with van der Waals surface area (Å²) in [5.41, 5.74) is 0.659. The molecule has 0 N–H and O–H groups in total. The van der Waals surface area contributed by atoms with E-state index >= 15 is 0 Å². The Morgan fingerprint density at radius 2 is 2.27 bits per heavy atom. The summed E-state index contributed by atoms with van der Waals surface area (Å²) in [6, 6.07) is 4.16. The van der Waals surface area contributed by atoms with Gasteiger partial charge in [-0.05, 0) is 17.7 Å². The van der Waals surface area contributed by atoms with E-state index in [-0.39, 0.29) is 5.56 Å². The fourth-order valence-electron chi connectivity index (χ4n) is 0.748. The van der Waals surface area contributed by atoms with Gasteiger partial charge in [-0.15, -0.1) is 0 Å². The number of halogens is 1. The molecular weight excluding hydrogens is 143 g/mol. The van der Waals surface area contributed by atoms with E-state index in [0.717, 1.165) is 0 Å². The predicted molar refractivity (Wildman–Crippen MR) is 41.3 cm³/mol. The minimum absolute atomic E-state index is 0.0533. The Hall–Kier alpha value is -1.44. The quantitative estimate of drug-likeness (QED) is 0.627. The smallest absolute Gasteiger partial charge is 0.236 e. The van der Waals surface area contributed by atoms with Crippen LogP contribution in [0.4, 0.5) is 4.39 Å². The Labute approximate surface area is 64.2 Å². The maximum absolute atomic E-state index is 12.6. The Bertz CT molecular complexity index is 292. The average molecular weight is 149 g/mol. The maximum atomic E-state index is 12.6. The summed E-state index contributed by atoms with van der Waals surface area (Å²) in [6.45, 7) is 3.48. The van der Waals surface area contributed by atoms with Gasteiger partial charge in [-0.1, -0.05) is 18.7 Å². The number of rotatable bonds is 2. The lowest BCUT2D eigenvalue weighted by molar-refractivity contribution is 0.556. The lowest BCUT2D eigenvalue weighted by Gasteiger charge is -1.94. The highest BCUT2D eigenvalue weighted by Gasteiger charge is 2.00. The van der Waals surface area contributed by atoms with Crippen LogP contribution in [0.3, 0.4) is 0 Å². The molecule has 2 heteroatoms. The first-order chi connectivity index (χ1) is 5.27. The van der Waals surface area contributed by atoms with Gasteiger partial charge in [0.1, 0.15) is 5.82 Å². The summed E-state index contributed by atoms with van der Waals surface area (Å²) in [4.78, 5) is 10.1. The molecule has 1 aromatic rings. The van der Waals surface area contributed by atoms with Crippen molar-refractivity contribution in [3.05, 3.63) is 41.7 Å². The monoisotopic (exact) mass is 149 g/mol. The fourth-order valence-corrected chi connectivity index (χ4v) is 0.748. The van der Waals surface area contributed by atoms with Crippen molar-refractivity contribution < 1.29 is 9.18 Å². The van der Waals surface area contributed by atoms with Crippen molar-refractivity contribution >= 4 is 12.4 Å². The van der Waals surface area contributed by atoms with Crippen LogP contribution in [0.1, 0.15) is 11.1 Å². The molecule has 0 aliphatic rings. The molecule has 0 bridgehead atoms. The summed E-state index contributed by atoms with van der Waals surface area (Å²) < 4.78 is 12.6. The van der Waals surface area contributed by atoms with Gasteiger partial charge >= 0.3 is 0 Å². The second-order valence-electron chi connectivity index (χ2n) is 2.05. The second-order valence-corrected chi connectivity index (χ2v) is 2.05. The molecule has 0 spiro atoms. The zero-order valence-corrected chi connectivity index (χ0v) is 5.80. The van der Waals surface area contributed by atoms with Crippen LogP contribution in [0.25, 0.3) is 6.08 Å². The molecule has 0 aromatic heterocycles. The summed E-state index contributed by atoms with van der Waals surface area (Å²) in [5.74, 6) is -0.550. The number of hydrogen-bond acceptors (Lipinski definition) is 1. The Morgan fingerprint density at radius 3 is 2.82 bits per heavy atom. The lowest BCUT2D eigenvalue weighted by atomic mass is 10.1. The van der Waals surface area contributed by atoms with Gasteiger partial charge in [-0.3, -0.25) is 4.79 Å². The summed E-state index contributed by atoms with van der Waals surface area (Å²) in [7, 11) is 0. The first-order valence-corrected chi connectivity index (χ1v) is 3.08. The zero-order valence-electron chi connectivity index (χ0n) is 5.80. The molecule has 0 aliphatic carbocycles. The van der Waals surface area contributed by atoms with Crippen LogP contribution < -0.4 is 0 Å². The highest BCUT2D eigenvalue weighted by Crippen LogP contribution is 2.08. The number of benzene rings is 1. The Balaban J connectivity index is 3.22. The standard InChI is InChI=1S/C9H6FO/c1-2-7-3-4-9(10)8(5-7)6-11/h2-5H,1H2. The minimum Gasteiger partial charge on any atom is -0.285 e. The molecule has 1 rings (SSSR count). The van der Waals surface area contributed by atoms with Gasteiger partial charge in [0.05, 0.1) is 5.56 Å². The van der Waals surface area contributed by atoms with E-state index in [1.54, 1.807) is 12.1 Å². The first kappa shape index (κ1) is 7.66. The molecule has 0 atom stereocenters. The van der Waals surface area contributed by atoms with Crippen molar-refractivity contribution in [2.45, 2.75) is 0 Å². The van der Waals surface area contributed by atoms with Crippen LogP contribution in [-0.2, 0) is 4.79 Å². The van der Waals surface area contributed by atoms with Crippen molar-refractivity contribution in [1.82, 2.24) is 0 Å². The van der Waals surface area contributed by atoms with E-state index in [1.165, 1.54) is 18.4 Å². The summed E-state index contributed by atoms with van der Waals surface area (Å²) in [6.07, 6.45) is 3.04. The molecule has 11 heavy (non-hydrogen) atoms. The van der Waals surface area contributed by atoms with Crippen molar-refractivity contribution in [2.24, 2.45) is 0 Å². The largest absolute Gasteiger partial charge is 0.285 e. The van der Waals surface area contributed by atoms with Crippen molar-refractivity contribution in [3.63, 3.8) is 0 Å². The summed E-state index contributed by atoms with van der Waals surface area (Å²) >= 11 is 0. The normalized spacial score (nSPS) is 9.18. The first-order valence-electron chi connectivity index (χ1n) is 3.08. The number of hydrogen-bond donors (Lipinski definition) is 0. The third-order valence-electron chi connectivity index (χ3n) is 1.34. The van der Waals surface area contributed by atoms with Gasteiger partial charge in [-0.2, -0.15) is 0 Å². The van der Waals surface area contributed by atoms with Gasteiger partial charge in [0, 0.05) is 0 Å². The Kier molecular flexibility index (Phi) is 2.16. The molecular formula is C9H6FO. The Morgan fingerprint density at radius 1 is 1.55 bits per heavy atom. The predicted octanol–water partition coefficient (Wildman–Crippen LogP) is 1.93. The van der Waals surface area contributed by atoms with Gasteiger partial charge in [0.15, 0.2) is 0 Å². The van der Waals surface area contributed by atoms with Gasteiger partial charge in [-0.25, -0.2) is 4.39 Å².